The standard InChI is InChI=1S/C17H19BrN2O/c18-15-7-6-14(13-20-9-2-1-3-10-20)17(11-15)21-16-5-4-8-19-12-16/h4-8,11-12H,1-3,9-10,13H2. The minimum atomic E-state index is 0.774. The first-order valence-electron chi connectivity index (χ1n) is 7.40. The largest absolute Gasteiger partial charge is 0.455 e. The van der Waals surface area contributed by atoms with E-state index in [9.17, 15) is 0 Å². The molecule has 21 heavy (non-hydrogen) atoms. The smallest absolute Gasteiger partial charge is 0.145 e. The van der Waals surface area contributed by atoms with E-state index < -0.39 is 0 Å². The van der Waals surface area contributed by atoms with Gasteiger partial charge >= 0.3 is 0 Å². The van der Waals surface area contributed by atoms with Gasteiger partial charge in [0.15, 0.2) is 0 Å². The number of aromatic nitrogens is 1. The number of piperidine rings is 1. The summed E-state index contributed by atoms with van der Waals surface area (Å²) in [7, 11) is 0. The maximum absolute atomic E-state index is 6.01. The molecule has 2 aromatic rings. The number of hydrogen-bond acceptors (Lipinski definition) is 3. The molecule has 0 amide bonds. The van der Waals surface area contributed by atoms with Gasteiger partial charge in [0.05, 0.1) is 6.20 Å². The third-order valence-corrected chi connectivity index (χ3v) is 4.23. The van der Waals surface area contributed by atoms with E-state index in [4.69, 9.17) is 4.74 Å². The van der Waals surface area contributed by atoms with Crippen molar-refractivity contribution in [2.24, 2.45) is 0 Å². The van der Waals surface area contributed by atoms with Gasteiger partial charge in [-0.3, -0.25) is 9.88 Å². The summed E-state index contributed by atoms with van der Waals surface area (Å²) in [5.74, 6) is 1.68. The third kappa shape index (κ3) is 4.05. The molecule has 1 fully saturated rings. The second-order valence-corrected chi connectivity index (χ2v) is 6.30. The Labute approximate surface area is 134 Å². The van der Waals surface area contributed by atoms with Crippen molar-refractivity contribution in [1.82, 2.24) is 9.88 Å². The first-order chi connectivity index (χ1) is 10.3. The van der Waals surface area contributed by atoms with Gasteiger partial charge in [-0.2, -0.15) is 0 Å². The van der Waals surface area contributed by atoms with Crippen molar-refractivity contribution in [3.8, 4) is 11.5 Å². The zero-order valence-electron chi connectivity index (χ0n) is 12.0. The summed E-state index contributed by atoms with van der Waals surface area (Å²) in [4.78, 5) is 6.60. The molecule has 0 N–H and O–H groups in total. The minimum Gasteiger partial charge on any atom is -0.455 e. The second-order valence-electron chi connectivity index (χ2n) is 5.38. The molecular formula is C17H19BrN2O. The highest BCUT2D eigenvalue weighted by atomic mass is 79.9. The summed E-state index contributed by atoms with van der Waals surface area (Å²) in [6.45, 7) is 3.31. The van der Waals surface area contributed by atoms with Gasteiger partial charge in [0.2, 0.25) is 0 Å². The average Bonchev–Trinajstić information content (AvgIpc) is 2.52. The van der Waals surface area contributed by atoms with Crippen LogP contribution < -0.4 is 4.74 Å². The Hall–Kier alpha value is -1.39. The molecule has 1 saturated heterocycles. The van der Waals surface area contributed by atoms with Crippen LogP contribution in [0, 0.1) is 0 Å². The predicted molar refractivity (Wildman–Crippen MR) is 87.6 cm³/mol. The molecule has 0 unspecified atom stereocenters. The van der Waals surface area contributed by atoms with Crippen LogP contribution in [0.1, 0.15) is 24.8 Å². The average molecular weight is 347 g/mol. The Morgan fingerprint density at radius 2 is 2.00 bits per heavy atom. The van der Waals surface area contributed by atoms with Gasteiger partial charge in [-0.15, -0.1) is 0 Å². The molecule has 0 aliphatic carbocycles. The lowest BCUT2D eigenvalue weighted by Gasteiger charge is -2.27. The first kappa shape index (κ1) is 14.5. The highest BCUT2D eigenvalue weighted by Gasteiger charge is 2.14. The number of likely N-dealkylation sites (tertiary alicyclic amines) is 1. The number of nitrogens with zero attached hydrogens (tertiary/aromatic N) is 2. The van der Waals surface area contributed by atoms with Crippen molar-refractivity contribution in [2.45, 2.75) is 25.8 Å². The van der Waals surface area contributed by atoms with Crippen LogP contribution in [0.5, 0.6) is 11.5 Å². The van der Waals surface area contributed by atoms with Crippen LogP contribution in [0.25, 0.3) is 0 Å². The predicted octanol–water partition coefficient (Wildman–Crippen LogP) is 4.62. The molecule has 1 aromatic heterocycles. The summed E-state index contributed by atoms with van der Waals surface area (Å²) < 4.78 is 7.04. The normalized spacial score (nSPS) is 15.9. The maximum Gasteiger partial charge on any atom is 0.145 e. The van der Waals surface area contributed by atoms with Crippen LogP contribution in [-0.2, 0) is 6.54 Å². The van der Waals surface area contributed by atoms with Gasteiger partial charge in [0.25, 0.3) is 0 Å². The third-order valence-electron chi connectivity index (χ3n) is 3.73. The van der Waals surface area contributed by atoms with Crippen LogP contribution >= 0.6 is 15.9 Å². The number of ether oxygens (including phenoxy) is 1. The minimum absolute atomic E-state index is 0.774. The summed E-state index contributed by atoms with van der Waals surface area (Å²) in [6.07, 6.45) is 7.45. The molecule has 0 atom stereocenters. The number of benzene rings is 1. The SMILES string of the molecule is Brc1ccc(CN2CCCCC2)c(Oc2cccnc2)c1. The van der Waals surface area contributed by atoms with E-state index in [0.717, 1.165) is 22.5 Å². The van der Waals surface area contributed by atoms with Crippen LogP contribution in [0.4, 0.5) is 0 Å². The number of halogens is 1. The van der Waals surface area contributed by atoms with E-state index in [1.165, 1.54) is 37.9 Å². The van der Waals surface area contributed by atoms with Crippen molar-refractivity contribution in [3.05, 3.63) is 52.8 Å². The van der Waals surface area contributed by atoms with Crippen LogP contribution in [-0.4, -0.2) is 23.0 Å². The van der Waals surface area contributed by atoms with E-state index in [1.807, 2.05) is 18.2 Å². The molecule has 3 nitrogen and oxygen atoms in total. The van der Waals surface area contributed by atoms with E-state index in [2.05, 4.69) is 37.9 Å². The Morgan fingerprint density at radius 3 is 2.76 bits per heavy atom. The summed E-state index contributed by atoms with van der Waals surface area (Å²) in [6, 6.07) is 10.1. The van der Waals surface area contributed by atoms with E-state index in [1.54, 1.807) is 12.4 Å². The Kier molecular flexibility index (Phi) is 4.88. The number of rotatable bonds is 4. The lowest BCUT2D eigenvalue weighted by molar-refractivity contribution is 0.219. The van der Waals surface area contributed by atoms with Crippen molar-refractivity contribution < 1.29 is 4.74 Å². The van der Waals surface area contributed by atoms with Gasteiger partial charge in [-0.1, -0.05) is 28.4 Å². The molecule has 0 spiro atoms. The van der Waals surface area contributed by atoms with Crippen LogP contribution in [0.15, 0.2) is 47.2 Å². The van der Waals surface area contributed by atoms with Crippen molar-refractivity contribution in [1.29, 1.82) is 0 Å². The molecule has 1 aliphatic heterocycles. The summed E-state index contributed by atoms with van der Waals surface area (Å²) in [5, 5.41) is 0. The lowest BCUT2D eigenvalue weighted by atomic mass is 10.1. The Balaban J connectivity index is 1.79. The molecular weight excluding hydrogens is 328 g/mol. The van der Waals surface area contributed by atoms with E-state index >= 15 is 0 Å². The highest BCUT2D eigenvalue weighted by Crippen LogP contribution is 2.29. The fraction of sp³-hybridized carbons (Fsp3) is 0.353. The molecule has 0 radical (unpaired) electrons. The Bertz CT molecular complexity index is 583. The van der Waals surface area contributed by atoms with Crippen molar-refractivity contribution >= 4 is 15.9 Å². The Morgan fingerprint density at radius 1 is 1.14 bits per heavy atom. The molecule has 1 aromatic carbocycles. The molecule has 0 saturated carbocycles. The maximum atomic E-state index is 6.01. The lowest BCUT2D eigenvalue weighted by Crippen LogP contribution is -2.29. The first-order valence-corrected chi connectivity index (χ1v) is 8.19. The summed E-state index contributed by atoms with van der Waals surface area (Å²) >= 11 is 3.53. The van der Waals surface area contributed by atoms with Crippen LogP contribution in [0.2, 0.25) is 0 Å². The number of pyridine rings is 1. The van der Waals surface area contributed by atoms with Crippen molar-refractivity contribution in [2.75, 3.05) is 13.1 Å². The second kappa shape index (κ2) is 7.05. The highest BCUT2D eigenvalue weighted by molar-refractivity contribution is 9.10. The van der Waals surface area contributed by atoms with E-state index in [-0.39, 0.29) is 0 Å². The van der Waals surface area contributed by atoms with Crippen molar-refractivity contribution in [3.63, 3.8) is 0 Å². The molecule has 3 rings (SSSR count). The fourth-order valence-electron chi connectivity index (χ4n) is 2.65. The fourth-order valence-corrected chi connectivity index (χ4v) is 2.99. The van der Waals surface area contributed by atoms with Gasteiger partial charge in [-0.05, 0) is 50.2 Å². The zero-order chi connectivity index (χ0) is 14.5. The van der Waals surface area contributed by atoms with E-state index in [0.29, 0.717) is 0 Å². The number of hydrogen-bond donors (Lipinski definition) is 0. The molecule has 1 aliphatic rings. The quantitative estimate of drug-likeness (QED) is 0.807. The zero-order valence-corrected chi connectivity index (χ0v) is 13.6. The summed E-state index contributed by atoms with van der Waals surface area (Å²) in [5.41, 5.74) is 1.23. The van der Waals surface area contributed by atoms with Gasteiger partial charge in [0.1, 0.15) is 11.5 Å². The molecule has 4 heteroatoms. The van der Waals surface area contributed by atoms with Gasteiger partial charge < -0.3 is 4.74 Å². The monoisotopic (exact) mass is 346 g/mol. The topological polar surface area (TPSA) is 25.4 Å². The van der Waals surface area contributed by atoms with Gasteiger partial charge in [0, 0.05) is 22.8 Å². The van der Waals surface area contributed by atoms with Crippen LogP contribution in [0.3, 0.4) is 0 Å². The molecule has 110 valence electrons. The van der Waals surface area contributed by atoms with Gasteiger partial charge in [-0.25, -0.2) is 0 Å². The molecule has 0 bridgehead atoms. The molecule has 2 heterocycles.